The van der Waals surface area contributed by atoms with E-state index in [0.29, 0.717) is 0 Å². The molecule has 0 aromatic rings. The highest BCUT2D eigenvalue weighted by Gasteiger charge is 2.54. The van der Waals surface area contributed by atoms with Crippen LogP contribution in [0.15, 0.2) is 0 Å². The number of nitriles is 1. The fraction of sp³-hybridized carbons (Fsp3) is 0.909. The molecule has 3 atom stereocenters. The minimum Gasteiger partial charge on any atom is -0.390 e. The summed E-state index contributed by atoms with van der Waals surface area (Å²) in [5, 5.41) is 19.4. The summed E-state index contributed by atoms with van der Waals surface area (Å²) in [6.07, 6.45) is 6.11. The van der Waals surface area contributed by atoms with E-state index in [-0.39, 0.29) is 11.3 Å². The van der Waals surface area contributed by atoms with Crippen molar-refractivity contribution in [1.82, 2.24) is 0 Å². The first-order chi connectivity index (χ1) is 6.11. The monoisotopic (exact) mass is 179 g/mol. The van der Waals surface area contributed by atoms with Gasteiger partial charge in [0.15, 0.2) is 0 Å². The molecule has 2 aliphatic rings. The average molecular weight is 179 g/mol. The molecule has 1 N–H and O–H groups in total. The highest BCUT2D eigenvalue weighted by atomic mass is 16.3. The third kappa shape index (κ3) is 1.18. The van der Waals surface area contributed by atoms with Crippen molar-refractivity contribution in [2.24, 2.45) is 11.3 Å². The normalized spacial score (nSPS) is 49.8. The molecule has 2 aliphatic carbocycles. The number of fused-ring (bicyclic) bond motifs is 1. The lowest BCUT2D eigenvalue weighted by Gasteiger charge is -2.38. The lowest BCUT2D eigenvalue weighted by atomic mass is 9.66. The fourth-order valence-electron chi connectivity index (χ4n) is 3.28. The smallest absolute Gasteiger partial charge is 0.0693 e. The Morgan fingerprint density at radius 2 is 2.08 bits per heavy atom. The number of hydrogen-bond acceptors (Lipinski definition) is 2. The zero-order valence-corrected chi connectivity index (χ0v) is 8.21. The maximum atomic E-state index is 10.1. The molecule has 0 bridgehead atoms. The molecule has 0 radical (unpaired) electrons. The molecule has 72 valence electrons. The Labute approximate surface area is 79.6 Å². The van der Waals surface area contributed by atoms with Gasteiger partial charge in [0.05, 0.1) is 17.1 Å². The molecule has 0 aromatic heterocycles. The highest BCUT2D eigenvalue weighted by molar-refractivity contribution is 5.14. The lowest BCUT2D eigenvalue weighted by Crippen LogP contribution is -2.39. The van der Waals surface area contributed by atoms with Gasteiger partial charge in [0.1, 0.15) is 0 Å². The summed E-state index contributed by atoms with van der Waals surface area (Å²) in [6, 6.07) is 2.47. The summed E-state index contributed by atoms with van der Waals surface area (Å²) in [7, 11) is 0. The first-order valence-corrected chi connectivity index (χ1v) is 5.24. The molecule has 0 spiro atoms. The summed E-state index contributed by atoms with van der Waals surface area (Å²) >= 11 is 0. The Balaban J connectivity index is 2.31. The summed E-state index contributed by atoms with van der Waals surface area (Å²) in [6.45, 7) is 1.90. The zero-order chi connectivity index (χ0) is 9.53. The van der Waals surface area contributed by atoms with Gasteiger partial charge in [-0.15, -0.1) is 0 Å². The van der Waals surface area contributed by atoms with E-state index in [2.05, 4.69) is 6.07 Å². The van der Waals surface area contributed by atoms with Crippen LogP contribution in [0.25, 0.3) is 0 Å². The molecule has 0 aromatic carbocycles. The van der Waals surface area contributed by atoms with Crippen molar-refractivity contribution in [2.75, 3.05) is 0 Å². The van der Waals surface area contributed by atoms with E-state index >= 15 is 0 Å². The van der Waals surface area contributed by atoms with Gasteiger partial charge in [-0.05, 0) is 32.6 Å². The van der Waals surface area contributed by atoms with Gasteiger partial charge in [0, 0.05) is 5.92 Å². The molecule has 0 unspecified atom stereocenters. The Morgan fingerprint density at radius 1 is 1.31 bits per heavy atom. The predicted molar refractivity (Wildman–Crippen MR) is 49.9 cm³/mol. The zero-order valence-electron chi connectivity index (χ0n) is 8.21. The lowest BCUT2D eigenvalue weighted by molar-refractivity contribution is -0.0161. The van der Waals surface area contributed by atoms with Gasteiger partial charge in [-0.1, -0.05) is 12.8 Å². The van der Waals surface area contributed by atoms with E-state index in [1.165, 1.54) is 12.8 Å². The van der Waals surface area contributed by atoms with Crippen molar-refractivity contribution < 1.29 is 5.11 Å². The number of nitrogens with zero attached hydrogens (tertiary/aromatic N) is 1. The van der Waals surface area contributed by atoms with Crippen LogP contribution in [-0.2, 0) is 0 Å². The van der Waals surface area contributed by atoms with Gasteiger partial charge >= 0.3 is 0 Å². The van der Waals surface area contributed by atoms with Crippen LogP contribution in [0.2, 0.25) is 0 Å². The van der Waals surface area contributed by atoms with E-state index in [1.807, 2.05) is 6.92 Å². The maximum Gasteiger partial charge on any atom is 0.0693 e. The van der Waals surface area contributed by atoms with Crippen LogP contribution in [0.4, 0.5) is 0 Å². The van der Waals surface area contributed by atoms with Crippen LogP contribution in [0.1, 0.15) is 45.4 Å². The van der Waals surface area contributed by atoms with E-state index in [0.717, 1.165) is 25.7 Å². The first-order valence-electron chi connectivity index (χ1n) is 5.24. The molecule has 0 aliphatic heterocycles. The average Bonchev–Trinajstić information content (AvgIpc) is 2.41. The van der Waals surface area contributed by atoms with Gasteiger partial charge in [0.2, 0.25) is 0 Å². The van der Waals surface area contributed by atoms with E-state index in [1.54, 1.807) is 0 Å². The number of aliphatic hydroxyl groups is 1. The molecule has 0 saturated heterocycles. The third-order valence-corrected chi connectivity index (χ3v) is 4.08. The van der Waals surface area contributed by atoms with Crippen LogP contribution >= 0.6 is 0 Å². The molecule has 2 saturated carbocycles. The van der Waals surface area contributed by atoms with Crippen LogP contribution in [0.3, 0.4) is 0 Å². The minimum absolute atomic E-state index is 0.179. The molecule has 0 amide bonds. The van der Waals surface area contributed by atoms with Gasteiger partial charge in [-0.3, -0.25) is 0 Å². The predicted octanol–water partition coefficient (Wildman–Crippen LogP) is 2.23. The standard InChI is InChI=1S/C11H17NO/c1-10(13)6-7-11(8-12)5-3-2-4-9(10)11/h9,13H,2-7H2,1H3/t9-,10-,11+/m0/s1. The van der Waals surface area contributed by atoms with Crippen LogP contribution in [0, 0.1) is 22.7 Å². The molecule has 2 rings (SSSR count). The van der Waals surface area contributed by atoms with E-state index in [9.17, 15) is 10.4 Å². The van der Waals surface area contributed by atoms with Crippen molar-refractivity contribution in [2.45, 2.75) is 51.0 Å². The maximum absolute atomic E-state index is 10.1. The van der Waals surface area contributed by atoms with Crippen LogP contribution in [0.5, 0.6) is 0 Å². The SMILES string of the molecule is C[C@]1(O)CC[C@@]2(C#N)CCCC[C@H]21. The number of hydrogen-bond donors (Lipinski definition) is 1. The molecule has 13 heavy (non-hydrogen) atoms. The Bertz CT molecular complexity index is 253. The topological polar surface area (TPSA) is 44.0 Å². The van der Waals surface area contributed by atoms with Crippen LogP contribution < -0.4 is 0 Å². The molecule has 2 fully saturated rings. The van der Waals surface area contributed by atoms with Crippen molar-refractivity contribution in [3.63, 3.8) is 0 Å². The van der Waals surface area contributed by atoms with Gasteiger partial charge < -0.3 is 5.11 Å². The Kier molecular flexibility index (Phi) is 1.89. The van der Waals surface area contributed by atoms with Crippen molar-refractivity contribution >= 4 is 0 Å². The summed E-state index contributed by atoms with van der Waals surface area (Å²) in [4.78, 5) is 0. The molecule has 2 heteroatoms. The van der Waals surface area contributed by atoms with E-state index in [4.69, 9.17) is 0 Å². The third-order valence-electron chi connectivity index (χ3n) is 4.08. The quantitative estimate of drug-likeness (QED) is 0.619. The Morgan fingerprint density at radius 3 is 2.69 bits per heavy atom. The van der Waals surface area contributed by atoms with Gasteiger partial charge in [-0.25, -0.2) is 0 Å². The summed E-state index contributed by atoms with van der Waals surface area (Å²) < 4.78 is 0. The second-order valence-electron chi connectivity index (χ2n) is 4.92. The van der Waals surface area contributed by atoms with E-state index < -0.39 is 5.60 Å². The van der Waals surface area contributed by atoms with Crippen molar-refractivity contribution in [1.29, 1.82) is 5.26 Å². The number of rotatable bonds is 0. The molecular formula is C11H17NO. The van der Waals surface area contributed by atoms with Gasteiger partial charge in [-0.2, -0.15) is 5.26 Å². The van der Waals surface area contributed by atoms with Crippen LogP contribution in [-0.4, -0.2) is 10.7 Å². The Hall–Kier alpha value is -0.550. The molecule has 2 nitrogen and oxygen atoms in total. The second-order valence-corrected chi connectivity index (χ2v) is 4.92. The minimum atomic E-state index is -0.573. The van der Waals surface area contributed by atoms with Crippen molar-refractivity contribution in [3.8, 4) is 6.07 Å². The molecular weight excluding hydrogens is 162 g/mol. The fourth-order valence-corrected chi connectivity index (χ4v) is 3.28. The van der Waals surface area contributed by atoms with Gasteiger partial charge in [0.25, 0.3) is 0 Å². The summed E-state index contributed by atoms with van der Waals surface area (Å²) in [5.74, 6) is 0.235. The van der Waals surface area contributed by atoms with Crippen molar-refractivity contribution in [3.05, 3.63) is 0 Å². The second kappa shape index (κ2) is 2.72. The highest BCUT2D eigenvalue weighted by Crippen LogP contribution is 2.56. The summed E-state index contributed by atoms with van der Waals surface area (Å²) in [5.41, 5.74) is -0.752. The largest absolute Gasteiger partial charge is 0.390 e. The molecule has 0 heterocycles. The first kappa shape index (κ1) is 9.02.